The lowest BCUT2D eigenvalue weighted by Crippen LogP contribution is -2.08. The average Bonchev–Trinajstić information content (AvgIpc) is 2.80. The van der Waals surface area contributed by atoms with Crippen LogP contribution in [0, 0.1) is 6.92 Å². The van der Waals surface area contributed by atoms with Crippen LogP contribution in [0.15, 0.2) is 30.5 Å². The van der Waals surface area contributed by atoms with Crippen molar-refractivity contribution in [2.24, 2.45) is 0 Å². The quantitative estimate of drug-likeness (QED) is 0.836. The van der Waals surface area contributed by atoms with E-state index in [1.165, 1.54) is 11.1 Å². The number of benzene rings is 1. The third kappa shape index (κ3) is 3.54. The van der Waals surface area contributed by atoms with E-state index in [2.05, 4.69) is 43.1 Å². The molecule has 0 atom stereocenters. The van der Waals surface area contributed by atoms with Crippen LogP contribution >= 0.6 is 0 Å². The summed E-state index contributed by atoms with van der Waals surface area (Å²) in [7, 11) is 0. The second-order valence-electron chi connectivity index (χ2n) is 5.61. The molecule has 0 fully saturated rings. The number of carbonyl (C=O) groups excluding carboxylic acids is 1. The maximum Gasteiger partial charge on any atom is 0.340 e. The van der Waals surface area contributed by atoms with Crippen molar-refractivity contribution >= 4 is 5.97 Å². The number of esters is 1. The fraction of sp³-hybridized carbons (Fsp3) is 0.389. The molecule has 1 aromatic heterocycles. The van der Waals surface area contributed by atoms with Gasteiger partial charge in [-0.3, -0.25) is 0 Å². The zero-order valence-corrected chi connectivity index (χ0v) is 13.2. The van der Waals surface area contributed by atoms with Gasteiger partial charge in [-0.2, -0.15) is 0 Å². The van der Waals surface area contributed by atoms with Gasteiger partial charge in [0.2, 0.25) is 0 Å². The molecule has 3 nitrogen and oxygen atoms in total. The van der Waals surface area contributed by atoms with E-state index in [4.69, 9.17) is 4.74 Å². The normalized spacial score (nSPS) is 10.9. The smallest absolute Gasteiger partial charge is 0.340 e. The van der Waals surface area contributed by atoms with E-state index in [0.29, 0.717) is 18.1 Å². The van der Waals surface area contributed by atoms with Crippen molar-refractivity contribution in [1.29, 1.82) is 0 Å². The van der Waals surface area contributed by atoms with Crippen LogP contribution in [0.5, 0.6) is 0 Å². The fourth-order valence-corrected chi connectivity index (χ4v) is 2.45. The van der Waals surface area contributed by atoms with Crippen LogP contribution in [0.4, 0.5) is 0 Å². The Bertz CT molecular complexity index is 609. The summed E-state index contributed by atoms with van der Waals surface area (Å²) in [5.41, 5.74) is 5.05. The molecular weight excluding hydrogens is 262 g/mol. The lowest BCUT2D eigenvalue weighted by molar-refractivity contribution is 0.0524. The summed E-state index contributed by atoms with van der Waals surface area (Å²) in [5.74, 6) is 0.286. The van der Waals surface area contributed by atoms with Crippen molar-refractivity contribution < 1.29 is 9.53 Å². The molecule has 0 bridgehead atoms. The van der Waals surface area contributed by atoms with Gasteiger partial charge >= 0.3 is 5.97 Å². The minimum Gasteiger partial charge on any atom is -0.462 e. The zero-order chi connectivity index (χ0) is 15.4. The third-order valence-electron chi connectivity index (χ3n) is 3.68. The van der Waals surface area contributed by atoms with E-state index in [1.54, 1.807) is 0 Å². The highest BCUT2D eigenvalue weighted by atomic mass is 16.5. The van der Waals surface area contributed by atoms with E-state index in [9.17, 15) is 4.79 Å². The lowest BCUT2D eigenvalue weighted by Gasteiger charge is -2.08. The first-order chi connectivity index (χ1) is 10.0. The van der Waals surface area contributed by atoms with Crippen LogP contribution in [0.3, 0.4) is 0 Å². The van der Waals surface area contributed by atoms with Gasteiger partial charge in [0.05, 0.1) is 12.2 Å². The molecule has 0 saturated heterocycles. The number of ether oxygens (including phenoxy) is 1. The van der Waals surface area contributed by atoms with Gasteiger partial charge in [0.15, 0.2) is 0 Å². The summed E-state index contributed by atoms with van der Waals surface area (Å²) in [6, 6.07) is 8.58. The maximum absolute atomic E-state index is 12.0. The van der Waals surface area contributed by atoms with Gasteiger partial charge in [0.25, 0.3) is 0 Å². The van der Waals surface area contributed by atoms with Crippen LogP contribution in [0.1, 0.15) is 59.4 Å². The van der Waals surface area contributed by atoms with Gasteiger partial charge < -0.3 is 9.72 Å². The largest absolute Gasteiger partial charge is 0.462 e. The second kappa shape index (κ2) is 6.61. The minimum atomic E-state index is -0.245. The van der Waals surface area contributed by atoms with Crippen LogP contribution in [0.2, 0.25) is 0 Å². The van der Waals surface area contributed by atoms with Crippen LogP contribution in [0.25, 0.3) is 0 Å². The van der Waals surface area contributed by atoms with Gasteiger partial charge in [-0.15, -0.1) is 0 Å². The Morgan fingerprint density at radius 3 is 2.48 bits per heavy atom. The Morgan fingerprint density at radius 1 is 1.24 bits per heavy atom. The first-order valence-corrected chi connectivity index (χ1v) is 7.45. The molecule has 2 aromatic rings. The molecular formula is C18H23NO2. The van der Waals surface area contributed by atoms with Gasteiger partial charge in [0, 0.05) is 11.9 Å². The first-order valence-electron chi connectivity index (χ1n) is 7.45. The molecule has 0 amide bonds. The molecule has 0 spiro atoms. The van der Waals surface area contributed by atoms with Crippen molar-refractivity contribution in [2.75, 3.05) is 6.61 Å². The van der Waals surface area contributed by atoms with E-state index in [0.717, 1.165) is 17.7 Å². The lowest BCUT2D eigenvalue weighted by atomic mass is 9.98. The topological polar surface area (TPSA) is 42.1 Å². The summed E-state index contributed by atoms with van der Waals surface area (Å²) in [6.07, 6.45) is 2.63. The Kier molecular flexibility index (Phi) is 4.84. The number of aromatic nitrogens is 1. The molecule has 0 radical (unpaired) electrons. The first kappa shape index (κ1) is 15.4. The highest BCUT2D eigenvalue weighted by Crippen LogP contribution is 2.21. The minimum absolute atomic E-state index is 0.245. The van der Waals surface area contributed by atoms with Crippen molar-refractivity contribution in [2.45, 2.75) is 40.0 Å². The summed E-state index contributed by atoms with van der Waals surface area (Å²) in [5, 5.41) is 0. The molecule has 3 heteroatoms. The number of carbonyl (C=O) groups is 1. The molecule has 0 saturated carbocycles. The zero-order valence-electron chi connectivity index (χ0n) is 13.2. The highest BCUT2D eigenvalue weighted by Gasteiger charge is 2.17. The van der Waals surface area contributed by atoms with E-state index < -0.39 is 0 Å². The van der Waals surface area contributed by atoms with Gasteiger partial charge in [-0.05, 0) is 42.9 Å². The summed E-state index contributed by atoms with van der Waals surface area (Å²) < 4.78 is 5.14. The van der Waals surface area contributed by atoms with Crippen molar-refractivity contribution in [3.63, 3.8) is 0 Å². The molecule has 2 rings (SSSR count). The number of nitrogens with one attached hydrogen (secondary N) is 1. The van der Waals surface area contributed by atoms with Crippen LogP contribution in [-0.4, -0.2) is 17.6 Å². The van der Waals surface area contributed by atoms with Crippen molar-refractivity contribution in [1.82, 2.24) is 4.98 Å². The van der Waals surface area contributed by atoms with E-state index in [-0.39, 0.29) is 5.97 Å². The Balaban J connectivity index is 2.21. The molecule has 1 heterocycles. The maximum atomic E-state index is 12.0. The average molecular weight is 285 g/mol. The van der Waals surface area contributed by atoms with Crippen molar-refractivity contribution in [3.8, 4) is 0 Å². The van der Waals surface area contributed by atoms with E-state index in [1.807, 2.05) is 20.0 Å². The number of hydrogen-bond donors (Lipinski definition) is 1. The monoisotopic (exact) mass is 285 g/mol. The Morgan fingerprint density at radius 2 is 1.90 bits per heavy atom. The molecule has 0 unspecified atom stereocenters. The number of aromatic amines is 1. The molecule has 1 aromatic carbocycles. The molecule has 0 aliphatic heterocycles. The molecule has 112 valence electrons. The molecule has 0 aliphatic carbocycles. The standard InChI is InChI=1S/C18H23NO2/c1-5-21-18(20)17-13(4)19-11-16(17)10-14-6-8-15(9-7-14)12(2)3/h6-9,11-12,19H,5,10H2,1-4H3. The summed E-state index contributed by atoms with van der Waals surface area (Å²) >= 11 is 0. The summed E-state index contributed by atoms with van der Waals surface area (Å²) in [4.78, 5) is 15.2. The Hall–Kier alpha value is -2.03. The molecule has 21 heavy (non-hydrogen) atoms. The van der Waals surface area contributed by atoms with Crippen LogP contribution < -0.4 is 0 Å². The SMILES string of the molecule is CCOC(=O)c1c(Cc2ccc(C(C)C)cc2)c[nH]c1C. The number of aryl methyl sites for hydroxylation is 1. The van der Waals surface area contributed by atoms with Gasteiger partial charge in [-0.1, -0.05) is 38.1 Å². The predicted octanol–water partition coefficient (Wildman–Crippen LogP) is 4.21. The second-order valence-corrected chi connectivity index (χ2v) is 5.61. The van der Waals surface area contributed by atoms with E-state index >= 15 is 0 Å². The number of rotatable bonds is 5. The number of hydrogen-bond acceptors (Lipinski definition) is 2. The molecule has 0 aliphatic rings. The third-order valence-corrected chi connectivity index (χ3v) is 3.68. The number of H-pyrrole nitrogens is 1. The van der Waals surface area contributed by atoms with Crippen molar-refractivity contribution in [3.05, 3.63) is 58.4 Å². The predicted molar refractivity (Wildman–Crippen MR) is 84.8 cm³/mol. The van der Waals surface area contributed by atoms with Crippen LogP contribution in [-0.2, 0) is 11.2 Å². The summed E-state index contributed by atoms with van der Waals surface area (Å²) in [6.45, 7) is 8.49. The van der Waals surface area contributed by atoms with Gasteiger partial charge in [0.1, 0.15) is 0 Å². The molecule has 1 N–H and O–H groups in total. The fourth-order valence-electron chi connectivity index (χ4n) is 2.45. The Labute approximate surface area is 126 Å². The van der Waals surface area contributed by atoms with Gasteiger partial charge in [-0.25, -0.2) is 4.79 Å². The highest BCUT2D eigenvalue weighted by molar-refractivity contribution is 5.92.